The molecule has 3 N–H and O–H groups in total. The fourth-order valence-corrected chi connectivity index (χ4v) is 2.20. The number of para-hydroxylation sites is 1. The topological polar surface area (TPSA) is 77.0 Å². The summed E-state index contributed by atoms with van der Waals surface area (Å²) in [6.07, 6.45) is 4.27. The van der Waals surface area contributed by atoms with Crippen LogP contribution in [0.15, 0.2) is 55.0 Å². The third kappa shape index (κ3) is 2.64. The minimum Gasteiger partial charge on any atom is -0.383 e. The van der Waals surface area contributed by atoms with Crippen molar-refractivity contribution in [3.8, 4) is 5.69 Å². The van der Waals surface area contributed by atoms with Gasteiger partial charge < -0.3 is 10.8 Å². The number of anilines is 1. The molecule has 0 saturated carbocycles. The van der Waals surface area contributed by atoms with Gasteiger partial charge in [0.05, 0.1) is 11.9 Å². The number of nitrogens with zero attached hydrogens (tertiary/aromatic N) is 3. The van der Waals surface area contributed by atoms with E-state index in [-0.39, 0.29) is 0 Å². The van der Waals surface area contributed by atoms with Gasteiger partial charge in [0.1, 0.15) is 11.9 Å². The van der Waals surface area contributed by atoms with E-state index in [2.05, 4.69) is 10.1 Å². The van der Waals surface area contributed by atoms with Crippen LogP contribution in [0.25, 0.3) is 5.69 Å². The number of nitrogen functional groups attached to an aromatic ring is 1. The molecule has 0 radical (unpaired) electrons. The van der Waals surface area contributed by atoms with Gasteiger partial charge in [-0.25, -0.2) is 9.67 Å². The number of rotatable bonds is 3. The Kier molecular flexibility index (Phi) is 3.41. The molecule has 3 aromatic rings. The minimum absolute atomic E-state index is 0.334. The Hall–Kier alpha value is -2.66. The second kappa shape index (κ2) is 5.38. The Morgan fingerprint density at radius 1 is 1.19 bits per heavy atom. The molecule has 1 atom stereocenters. The van der Waals surface area contributed by atoms with Gasteiger partial charge in [-0.15, -0.1) is 0 Å². The number of pyridine rings is 1. The van der Waals surface area contributed by atoms with Crippen molar-refractivity contribution in [3.05, 3.63) is 71.7 Å². The highest BCUT2D eigenvalue weighted by molar-refractivity contribution is 5.45. The van der Waals surface area contributed by atoms with Gasteiger partial charge in [0.25, 0.3) is 0 Å². The van der Waals surface area contributed by atoms with Crippen LogP contribution in [0.3, 0.4) is 0 Å². The highest BCUT2D eigenvalue weighted by atomic mass is 16.3. The van der Waals surface area contributed by atoms with E-state index in [0.29, 0.717) is 16.9 Å². The molecule has 21 heavy (non-hydrogen) atoms. The Bertz CT molecular complexity index is 752. The van der Waals surface area contributed by atoms with E-state index in [4.69, 9.17) is 5.73 Å². The van der Waals surface area contributed by atoms with Gasteiger partial charge >= 0.3 is 0 Å². The lowest BCUT2D eigenvalue weighted by molar-refractivity contribution is 0.220. The van der Waals surface area contributed by atoms with Crippen LogP contribution in [0, 0.1) is 6.92 Å². The molecule has 0 aliphatic rings. The molecule has 0 amide bonds. The standard InChI is InChI=1S/C16H16N4O/c1-11-7-14(16(17)18-8-11)15(21)12-9-19-20(10-12)13-5-3-2-4-6-13/h2-10,15,21H,1H3,(H2,17,18). The maximum absolute atomic E-state index is 10.5. The molecule has 2 aromatic heterocycles. The number of aromatic nitrogens is 3. The molecule has 0 aliphatic carbocycles. The van der Waals surface area contributed by atoms with Gasteiger partial charge in [-0.3, -0.25) is 0 Å². The first-order valence-electron chi connectivity index (χ1n) is 6.65. The maximum atomic E-state index is 10.5. The minimum atomic E-state index is -0.838. The van der Waals surface area contributed by atoms with Crippen LogP contribution in [0.1, 0.15) is 22.8 Å². The molecule has 0 bridgehead atoms. The fraction of sp³-hybridized carbons (Fsp3) is 0.125. The Balaban J connectivity index is 1.94. The van der Waals surface area contributed by atoms with Crippen molar-refractivity contribution in [2.45, 2.75) is 13.0 Å². The van der Waals surface area contributed by atoms with Crippen LogP contribution in [0.2, 0.25) is 0 Å². The predicted molar refractivity (Wildman–Crippen MR) is 81.0 cm³/mol. The number of aliphatic hydroxyl groups excluding tert-OH is 1. The first-order chi connectivity index (χ1) is 10.1. The van der Waals surface area contributed by atoms with Crippen LogP contribution >= 0.6 is 0 Å². The summed E-state index contributed by atoms with van der Waals surface area (Å²) in [6, 6.07) is 11.6. The van der Waals surface area contributed by atoms with Gasteiger partial charge in [0, 0.05) is 23.5 Å². The molecule has 0 spiro atoms. The summed E-state index contributed by atoms with van der Waals surface area (Å²) in [4.78, 5) is 4.08. The molecule has 5 heteroatoms. The van der Waals surface area contributed by atoms with Crippen molar-refractivity contribution in [1.29, 1.82) is 0 Å². The Morgan fingerprint density at radius 2 is 1.95 bits per heavy atom. The zero-order valence-electron chi connectivity index (χ0n) is 11.6. The molecule has 106 valence electrons. The highest BCUT2D eigenvalue weighted by Gasteiger charge is 2.16. The molecule has 0 fully saturated rings. The number of hydrogen-bond acceptors (Lipinski definition) is 4. The SMILES string of the molecule is Cc1cnc(N)c(C(O)c2cnn(-c3ccccc3)c2)c1. The molecule has 5 nitrogen and oxygen atoms in total. The first kappa shape index (κ1) is 13.3. The lowest BCUT2D eigenvalue weighted by atomic mass is 10.0. The monoisotopic (exact) mass is 280 g/mol. The van der Waals surface area contributed by atoms with E-state index in [1.807, 2.05) is 43.3 Å². The second-order valence-electron chi connectivity index (χ2n) is 4.94. The summed E-state index contributed by atoms with van der Waals surface area (Å²) in [5, 5.41) is 14.8. The summed E-state index contributed by atoms with van der Waals surface area (Å²) in [7, 11) is 0. The number of aliphatic hydroxyl groups is 1. The van der Waals surface area contributed by atoms with Crippen molar-refractivity contribution in [3.63, 3.8) is 0 Å². The van der Waals surface area contributed by atoms with Gasteiger partial charge in [-0.05, 0) is 30.7 Å². The van der Waals surface area contributed by atoms with Crippen LogP contribution in [-0.2, 0) is 0 Å². The quantitative estimate of drug-likeness (QED) is 0.771. The zero-order chi connectivity index (χ0) is 14.8. The normalized spacial score (nSPS) is 12.3. The van der Waals surface area contributed by atoms with Crippen LogP contribution < -0.4 is 5.73 Å². The van der Waals surface area contributed by atoms with Crippen LogP contribution in [0.4, 0.5) is 5.82 Å². The summed E-state index contributed by atoms with van der Waals surface area (Å²) in [5.74, 6) is 0.334. The van der Waals surface area contributed by atoms with E-state index in [1.54, 1.807) is 23.3 Å². The fourth-order valence-electron chi connectivity index (χ4n) is 2.20. The van der Waals surface area contributed by atoms with Gasteiger partial charge in [0.15, 0.2) is 0 Å². The van der Waals surface area contributed by atoms with Crippen molar-refractivity contribution < 1.29 is 5.11 Å². The molecule has 0 saturated heterocycles. The lowest BCUT2D eigenvalue weighted by Crippen LogP contribution is -2.05. The van der Waals surface area contributed by atoms with Crippen LogP contribution in [-0.4, -0.2) is 19.9 Å². The molecule has 2 heterocycles. The third-order valence-corrected chi connectivity index (χ3v) is 3.32. The smallest absolute Gasteiger partial charge is 0.129 e. The maximum Gasteiger partial charge on any atom is 0.129 e. The lowest BCUT2D eigenvalue weighted by Gasteiger charge is -2.11. The van der Waals surface area contributed by atoms with E-state index in [0.717, 1.165) is 11.3 Å². The molecule has 1 aromatic carbocycles. The first-order valence-corrected chi connectivity index (χ1v) is 6.65. The van der Waals surface area contributed by atoms with Crippen molar-refractivity contribution >= 4 is 5.82 Å². The largest absolute Gasteiger partial charge is 0.383 e. The molecule has 1 unspecified atom stereocenters. The number of nitrogens with two attached hydrogens (primary N) is 1. The second-order valence-corrected chi connectivity index (χ2v) is 4.94. The summed E-state index contributed by atoms with van der Waals surface area (Å²) >= 11 is 0. The summed E-state index contributed by atoms with van der Waals surface area (Å²) in [5.41, 5.74) is 9.01. The van der Waals surface area contributed by atoms with Gasteiger partial charge in [0.2, 0.25) is 0 Å². The van der Waals surface area contributed by atoms with Gasteiger partial charge in [-0.2, -0.15) is 5.10 Å². The number of aryl methyl sites for hydroxylation is 1. The van der Waals surface area contributed by atoms with Gasteiger partial charge in [-0.1, -0.05) is 18.2 Å². The predicted octanol–water partition coefficient (Wildman–Crippen LogP) is 2.24. The summed E-state index contributed by atoms with van der Waals surface area (Å²) < 4.78 is 1.72. The van der Waals surface area contributed by atoms with E-state index in [9.17, 15) is 5.11 Å². The molecule has 3 rings (SSSR count). The van der Waals surface area contributed by atoms with Crippen molar-refractivity contribution in [1.82, 2.24) is 14.8 Å². The van der Waals surface area contributed by atoms with Crippen molar-refractivity contribution in [2.24, 2.45) is 0 Å². The molecule has 0 aliphatic heterocycles. The number of hydrogen-bond donors (Lipinski definition) is 2. The van der Waals surface area contributed by atoms with E-state index >= 15 is 0 Å². The summed E-state index contributed by atoms with van der Waals surface area (Å²) in [6.45, 7) is 1.91. The van der Waals surface area contributed by atoms with Crippen LogP contribution in [0.5, 0.6) is 0 Å². The average molecular weight is 280 g/mol. The van der Waals surface area contributed by atoms with Crippen molar-refractivity contribution in [2.75, 3.05) is 5.73 Å². The highest BCUT2D eigenvalue weighted by Crippen LogP contribution is 2.26. The third-order valence-electron chi connectivity index (χ3n) is 3.32. The Labute approximate surface area is 122 Å². The zero-order valence-corrected chi connectivity index (χ0v) is 11.6. The molecular formula is C16H16N4O. The number of benzene rings is 1. The van der Waals surface area contributed by atoms with E-state index in [1.165, 1.54) is 0 Å². The average Bonchev–Trinajstić information content (AvgIpc) is 3.00. The Morgan fingerprint density at radius 3 is 2.71 bits per heavy atom. The van der Waals surface area contributed by atoms with E-state index < -0.39 is 6.10 Å². The molecular weight excluding hydrogens is 264 g/mol.